The van der Waals surface area contributed by atoms with E-state index < -0.39 is 40.0 Å². The number of fused-ring (bicyclic) bond motifs is 2. The van der Waals surface area contributed by atoms with Gasteiger partial charge in [-0.05, 0) is 75.5 Å². The minimum atomic E-state index is -4.09. The Balaban J connectivity index is 1.54. The molecule has 2 fully saturated rings. The van der Waals surface area contributed by atoms with Gasteiger partial charge in [-0.3, -0.25) is 9.88 Å². The smallest absolute Gasteiger partial charge is 0.410 e. The van der Waals surface area contributed by atoms with Crippen molar-refractivity contribution in [2.75, 3.05) is 55.6 Å². The van der Waals surface area contributed by atoms with E-state index >= 15 is 13.2 Å². The van der Waals surface area contributed by atoms with Gasteiger partial charge in [-0.2, -0.15) is 13.8 Å². The van der Waals surface area contributed by atoms with Crippen LogP contribution in [0.2, 0.25) is 0 Å². The molecule has 0 bridgehead atoms. The van der Waals surface area contributed by atoms with E-state index in [1.807, 2.05) is 16.7 Å². The minimum absolute atomic E-state index is 0.0789. The Hall–Kier alpha value is -4.17. The van der Waals surface area contributed by atoms with Crippen molar-refractivity contribution in [3.8, 4) is 17.0 Å². The van der Waals surface area contributed by atoms with E-state index in [1.54, 1.807) is 25.7 Å². The van der Waals surface area contributed by atoms with Crippen molar-refractivity contribution >= 4 is 51.1 Å². The first kappa shape index (κ1) is 36.6. The summed E-state index contributed by atoms with van der Waals surface area (Å²) in [5.41, 5.74) is -2.48. The van der Waals surface area contributed by atoms with E-state index in [0.717, 1.165) is 25.2 Å². The standard InChI is InChI=1S/C36H42ClF4N7O3/c1-7-21-17-46(12-13-48(21)34(50)51-35(4,5)6)32-25-16-42-30(24-15-23(49)14-20-10-11-26(38)29(39)27(20)24)28(36(37,40)41)31(25)43-33(44-32)47-18-22(19-47)45(8-2)9-3/h10-11,14-16,21-22,49H,7-9,12-13,17-19H2,1-6H3. The Morgan fingerprint density at radius 1 is 1.04 bits per heavy atom. The summed E-state index contributed by atoms with van der Waals surface area (Å²) in [5, 5.41) is 6.36. The SMILES string of the molecule is CCC1CN(c2nc(N3CC(N(CC)CC)C3)nc3c(C(F)(F)Cl)c(-c4cc(O)cc5ccc(F)c(F)c45)ncc23)CCN1C(=O)OC(C)(C)C. The van der Waals surface area contributed by atoms with Crippen LogP contribution >= 0.6 is 11.6 Å². The molecule has 10 nitrogen and oxygen atoms in total. The summed E-state index contributed by atoms with van der Waals surface area (Å²) in [5.74, 6) is -2.33. The molecule has 2 aromatic heterocycles. The fourth-order valence-electron chi connectivity index (χ4n) is 7.03. The lowest BCUT2D eigenvalue weighted by molar-refractivity contribution is 0.0136. The molecule has 1 atom stereocenters. The summed E-state index contributed by atoms with van der Waals surface area (Å²) in [7, 11) is 0. The average molecular weight is 732 g/mol. The molecule has 0 spiro atoms. The second-order valence-electron chi connectivity index (χ2n) is 14.0. The van der Waals surface area contributed by atoms with Crippen LogP contribution in [0.25, 0.3) is 32.9 Å². The van der Waals surface area contributed by atoms with Crippen molar-refractivity contribution in [1.29, 1.82) is 0 Å². The predicted molar refractivity (Wildman–Crippen MR) is 190 cm³/mol. The number of pyridine rings is 1. The summed E-state index contributed by atoms with van der Waals surface area (Å²) in [6, 6.07) is 4.32. The number of amides is 1. The van der Waals surface area contributed by atoms with Gasteiger partial charge in [0.2, 0.25) is 5.95 Å². The molecule has 0 aliphatic carbocycles. The Bertz CT molecular complexity index is 1960. The third-order valence-electron chi connectivity index (χ3n) is 9.60. The van der Waals surface area contributed by atoms with E-state index in [-0.39, 0.29) is 57.6 Å². The number of rotatable bonds is 8. The summed E-state index contributed by atoms with van der Waals surface area (Å²) in [6.45, 7) is 15.2. The number of hydrogen-bond donors (Lipinski definition) is 1. The van der Waals surface area contributed by atoms with E-state index in [2.05, 4.69) is 28.7 Å². The molecule has 2 aliphatic rings. The van der Waals surface area contributed by atoms with Crippen LogP contribution in [-0.2, 0) is 10.1 Å². The first-order chi connectivity index (χ1) is 24.0. The lowest BCUT2D eigenvalue weighted by atomic mass is 9.96. The molecule has 2 saturated heterocycles. The first-order valence-corrected chi connectivity index (χ1v) is 17.5. The number of phenols is 1. The number of ether oxygens (including phenoxy) is 1. The van der Waals surface area contributed by atoms with Gasteiger partial charge in [0, 0.05) is 55.9 Å². The Morgan fingerprint density at radius 2 is 1.75 bits per heavy atom. The Morgan fingerprint density at radius 3 is 2.37 bits per heavy atom. The lowest BCUT2D eigenvalue weighted by Gasteiger charge is -2.45. The third kappa shape index (κ3) is 7.04. The third-order valence-corrected chi connectivity index (χ3v) is 9.79. The zero-order chi connectivity index (χ0) is 37.0. The normalized spacial score (nSPS) is 17.5. The van der Waals surface area contributed by atoms with E-state index in [4.69, 9.17) is 21.3 Å². The van der Waals surface area contributed by atoms with Crippen molar-refractivity contribution < 1.29 is 32.2 Å². The molecule has 6 rings (SSSR count). The lowest BCUT2D eigenvalue weighted by Crippen LogP contribution is -2.60. The number of phenolic OH excluding ortho intramolecular Hbond substituents is 1. The molecule has 4 aromatic rings. The monoisotopic (exact) mass is 731 g/mol. The van der Waals surface area contributed by atoms with Crippen molar-refractivity contribution in [1.82, 2.24) is 24.8 Å². The number of carbonyl (C=O) groups excluding carboxylic acids is 1. The van der Waals surface area contributed by atoms with Gasteiger partial charge < -0.3 is 24.5 Å². The van der Waals surface area contributed by atoms with Crippen molar-refractivity contribution in [3.63, 3.8) is 0 Å². The van der Waals surface area contributed by atoms with Crippen LogP contribution in [0, 0.1) is 11.6 Å². The van der Waals surface area contributed by atoms with Crippen LogP contribution in [0.1, 0.15) is 53.5 Å². The molecule has 1 amide bonds. The molecule has 1 unspecified atom stereocenters. The van der Waals surface area contributed by atoms with Crippen LogP contribution in [0.3, 0.4) is 0 Å². The molecule has 51 heavy (non-hydrogen) atoms. The van der Waals surface area contributed by atoms with Crippen LogP contribution in [0.15, 0.2) is 30.5 Å². The number of benzene rings is 2. The number of aromatic hydroxyl groups is 1. The van der Waals surface area contributed by atoms with Gasteiger partial charge in [-0.25, -0.2) is 18.6 Å². The van der Waals surface area contributed by atoms with Crippen molar-refractivity contribution in [3.05, 3.63) is 47.7 Å². The average Bonchev–Trinajstić information content (AvgIpc) is 3.04. The van der Waals surface area contributed by atoms with Gasteiger partial charge in [0.05, 0.1) is 28.2 Å². The van der Waals surface area contributed by atoms with E-state index in [0.29, 0.717) is 38.4 Å². The van der Waals surface area contributed by atoms with Crippen LogP contribution < -0.4 is 9.80 Å². The summed E-state index contributed by atoms with van der Waals surface area (Å²) >= 11 is 5.87. The summed E-state index contributed by atoms with van der Waals surface area (Å²) < 4.78 is 67.2. The molecular formula is C36H42ClF4N7O3. The highest BCUT2D eigenvalue weighted by molar-refractivity contribution is 6.23. The van der Waals surface area contributed by atoms with Crippen LogP contribution in [0.4, 0.5) is 34.1 Å². The minimum Gasteiger partial charge on any atom is -0.508 e. The summed E-state index contributed by atoms with van der Waals surface area (Å²) in [6.07, 6.45) is 1.46. The zero-order valence-electron chi connectivity index (χ0n) is 29.5. The molecular weight excluding hydrogens is 690 g/mol. The number of aromatic nitrogens is 3. The highest BCUT2D eigenvalue weighted by Gasteiger charge is 2.40. The molecule has 0 saturated carbocycles. The summed E-state index contributed by atoms with van der Waals surface area (Å²) in [4.78, 5) is 34.9. The maximum atomic E-state index is 15.8. The van der Waals surface area contributed by atoms with Crippen molar-refractivity contribution in [2.24, 2.45) is 0 Å². The largest absolute Gasteiger partial charge is 0.508 e. The number of likely N-dealkylation sites (N-methyl/N-ethyl adjacent to an activating group) is 1. The predicted octanol–water partition coefficient (Wildman–Crippen LogP) is 7.48. The van der Waals surface area contributed by atoms with Gasteiger partial charge >= 0.3 is 11.5 Å². The molecule has 274 valence electrons. The number of alkyl halides is 3. The molecule has 1 N–H and O–H groups in total. The number of hydrogen-bond acceptors (Lipinski definition) is 9. The number of piperazine rings is 1. The van der Waals surface area contributed by atoms with Gasteiger partial charge in [0.25, 0.3) is 0 Å². The fourth-order valence-corrected chi connectivity index (χ4v) is 7.21. The van der Waals surface area contributed by atoms with Crippen LogP contribution in [-0.4, -0.2) is 99.4 Å². The maximum absolute atomic E-state index is 15.8. The van der Waals surface area contributed by atoms with Gasteiger partial charge in [-0.1, -0.05) is 26.8 Å². The van der Waals surface area contributed by atoms with E-state index in [9.17, 15) is 14.3 Å². The number of halogens is 5. The quantitative estimate of drug-likeness (QED) is 0.146. The molecule has 2 aromatic carbocycles. The molecule has 0 radical (unpaired) electrons. The second kappa shape index (κ2) is 13.8. The molecule has 4 heterocycles. The van der Waals surface area contributed by atoms with Gasteiger partial charge in [0.1, 0.15) is 17.2 Å². The van der Waals surface area contributed by atoms with E-state index in [1.165, 1.54) is 18.3 Å². The van der Waals surface area contributed by atoms with Gasteiger partial charge in [-0.15, -0.1) is 0 Å². The Kier molecular flexibility index (Phi) is 9.88. The van der Waals surface area contributed by atoms with Crippen LogP contribution in [0.5, 0.6) is 5.75 Å². The fraction of sp³-hybridized carbons (Fsp3) is 0.500. The number of anilines is 2. The zero-order valence-corrected chi connectivity index (χ0v) is 30.2. The topological polar surface area (TPSA) is 98.2 Å². The molecule has 2 aliphatic heterocycles. The first-order valence-electron chi connectivity index (χ1n) is 17.2. The number of nitrogens with zero attached hydrogens (tertiary/aromatic N) is 7. The highest BCUT2D eigenvalue weighted by Crippen LogP contribution is 2.46. The van der Waals surface area contributed by atoms with Gasteiger partial charge in [0.15, 0.2) is 11.6 Å². The maximum Gasteiger partial charge on any atom is 0.410 e. The molecule has 15 heteroatoms. The number of carbonyl (C=O) groups is 1. The Labute approximate surface area is 299 Å². The van der Waals surface area contributed by atoms with Crippen molar-refractivity contribution in [2.45, 2.75) is 71.0 Å². The second-order valence-corrected chi connectivity index (χ2v) is 14.5. The highest BCUT2D eigenvalue weighted by atomic mass is 35.5.